The molecule has 2 aromatic rings. The van der Waals surface area contributed by atoms with Crippen LogP contribution in [0.25, 0.3) is 5.69 Å². The molecule has 1 N–H and O–H groups in total. The van der Waals surface area contributed by atoms with E-state index in [4.69, 9.17) is 16.7 Å². The summed E-state index contributed by atoms with van der Waals surface area (Å²) >= 11 is 6.41. The van der Waals surface area contributed by atoms with E-state index in [9.17, 15) is 0 Å². The maximum absolute atomic E-state index is 6.41. The van der Waals surface area contributed by atoms with Gasteiger partial charge in [-0.25, -0.2) is 4.68 Å². The lowest BCUT2D eigenvalue weighted by Crippen LogP contribution is -2.17. The predicted molar refractivity (Wildman–Crippen MR) is 80.4 cm³/mol. The normalized spacial score (nSPS) is 18.4. The van der Waals surface area contributed by atoms with Crippen LogP contribution >= 0.6 is 11.6 Å². The molecule has 0 saturated heterocycles. The Hall–Kier alpha value is -1.32. The third kappa shape index (κ3) is 2.48. The van der Waals surface area contributed by atoms with Gasteiger partial charge in [0, 0.05) is 24.7 Å². The molecular formula is C16H18ClN3. The van der Waals surface area contributed by atoms with Crippen LogP contribution in [0.4, 0.5) is 0 Å². The van der Waals surface area contributed by atoms with Crippen LogP contribution in [0.1, 0.15) is 42.9 Å². The van der Waals surface area contributed by atoms with Crippen molar-refractivity contribution in [2.24, 2.45) is 0 Å². The molecule has 0 radical (unpaired) electrons. The molecule has 4 rings (SSSR count). The van der Waals surface area contributed by atoms with Crippen LogP contribution < -0.4 is 5.32 Å². The molecule has 0 spiro atoms. The van der Waals surface area contributed by atoms with E-state index in [1.165, 1.54) is 36.9 Å². The zero-order valence-electron chi connectivity index (χ0n) is 11.3. The summed E-state index contributed by atoms with van der Waals surface area (Å²) in [5, 5.41) is 9.03. The van der Waals surface area contributed by atoms with E-state index < -0.39 is 0 Å². The van der Waals surface area contributed by atoms with Gasteiger partial charge in [0.15, 0.2) is 0 Å². The Morgan fingerprint density at radius 3 is 2.80 bits per heavy atom. The molecule has 1 aromatic carbocycles. The highest BCUT2D eigenvalue weighted by atomic mass is 35.5. The van der Waals surface area contributed by atoms with Crippen molar-refractivity contribution in [3.05, 3.63) is 46.7 Å². The van der Waals surface area contributed by atoms with E-state index in [0.717, 1.165) is 17.3 Å². The fourth-order valence-electron chi connectivity index (χ4n) is 2.56. The predicted octanol–water partition coefficient (Wildman–Crippen LogP) is 3.66. The van der Waals surface area contributed by atoms with Crippen LogP contribution in [0.5, 0.6) is 0 Å². The minimum absolute atomic E-state index is 0.673. The highest BCUT2D eigenvalue weighted by molar-refractivity contribution is 6.32. The van der Waals surface area contributed by atoms with Crippen LogP contribution in [0.15, 0.2) is 30.5 Å². The van der Waals surface area contributed by atoms with Gasteiger partial charge in [0.2, 0.25) is 0 Å². The topological polar surface area (TPSA) is 29.9 Å². The first-order chi connectivity index (χ1) is 9.81. The Bertz CT molecular complexity index is 626. The molecule has 2 aliphatic carbocycles. The Kier molecular flexibility index (Phi) is 3.04. The Morgan fingerprint density at radius 2 is 2.05 bits per heavy atom. The molecule has 0 bridgehead atoms. The van der Waals surface area contributed by atoms with E-state index >= 15 is 0 Å². The standard InChI is InChI=1S/C16H18ClN3/c17-14-3-1-2-12(10-18-13-6-7-13)16(14)20-9-8-15(19-20)11-4-5-11/h1-3,8-9,11,13,18H,4-7,10H2. The molecule has 3 nitrogen and oxygen atoms in total. The summed E-state index contributed by atoms with van der Waals surface area (Å²) in [5.74, 6) is 0.673. The highest BCUT2D eigenvalue weighted by Gasteiger charge is 2.26. The molecule has 2 aliphatic rings. The van der Waals surface area contributed by atoms with Crippen molar-refractivity contribution in [3.8, 4) is 5.69 Å². The fourth-order valence-corrected chi connectivity index (χ4v) is 2.84. The molecule has 104 valence electrons. The summed E-state index contributed by atoms with van der Waals surface area (Å²) in [6, 6.07) is 8.91. The summed E-state index contributed by atoms with van der Waals surface area (Å²) < 4.78 is 1.94. The van der Waals surface area contributed by atoms with Crippen LogP contribution in [0, 0.1) is 0 Å². The Labute approximate surface area is 123 Å². The number of benzene rings is 1. The average Bonchev–Trinajstić information content (AvgIpc) is 3.37. The first-order valence-corrected chi connectivity index (χ1v) is 7.76. The molecule has 1 aromatic heterocycles. The summed E-state index contributed by atoms with van der Waals surface area (Å²) in [6.07, 6.45) is 7.17. The van der Waals surface area contributed by atoms with E-state index in [1.54, 1.807) is 0 Å². The molecule has 0 aliphatic heterocycles. The zero-order valence-corrected chi connectivity index (χ0v) is 12.1. The van der Waals surface area contributed by atoms with Crippen LogP contribution in [-0.2, 0) is 6.54 Å². The zero-order chi connectivity index (χ0) is 13.5. The van der Waals surface area contributed by atoms with Gasteiger partial charge in [-0.05, 0) is 43.4 Å². The maximum Gasteiger partial charge on any atom is 0.0876 e. The lowest BCUT2D eigenvalue weighted by atomic mass is 10.1. The molecule has 20 heavy (non-hydrogen) atoms. The minimum atomic E-state index is 0.673. The smallest absolute Gasteiger partial charge is 0.0876 e. The maximum atomic E-state index is 6.41. The number of hydrogen-bond donors (Lipinski definition) is 1. The molecule has 4 heteroatoms. The molecule has 2 saturated carbocycles. The van der Waals surface area contributed by atoms with Gasteiger partial charge in [-0.15, -0.1) is 0 Å². The van der Waals surface area contributed by atoms with Crippen molar-refractivity contribution in [2.45, 2.75) is 44.2 Å². The average molecular weight is 288 g/mol. The highest BCUT2D eigenvalue weighted by Crippen LogP contribution is 2.39. The van der Waals surface area contributed by atoms with Crippen molar-refractivity contribution in [3.63, 3.8) is 0 Å². The second-order valence-corrected chi connectivity index (χ2v) is 6.27. The number of para-hydroxylation sites is 1. The summed E-state index contributed by atoms with van der Waals surface area (Å²) in [7, 11) is 0. The van der Waals surface area contributed by atoms with Gasteiger partial charge in [0.25, 0.3) is 0 Å². The molecular weight excluding hydrogens is 270 g/mol. The first-order valence-electron chi connectivity index (χ1n) is 7.38. The minimum Gasteiger partial charge on any atom is -0.310 e. The van der Waals surface area contributed by atoms with Crippen molar-refractivity contribution in [2.75, 3.05) is 0 Å². The summed E-state index contributed by atoms with van der Waals surface area (Å²) in [4.78, 5) is 0. The molecule has 0 amide bonds. The third-order valence-electron chi connectivity index (χ3n) is 4.06. The largest absolute Gasteiger partial charge is 0.310 e. The first kappa shape index (κ1) is 12.4. The van der Waals surface area contributed by atoms with Gasteiger partial charge in [-0.3, -0.25) is 0 Å². The lowest BCUT2D eigenvalue weighted by molar-refractivity contribution is 0.680. The van der Waals surface area contributed by atoms with E-state index in [1.807, 2.05) is 23.0 Å². The quantitative estimate of drug-likeness (QED) is 0.909. The SMILES string of the molecule is Clc1cccc(CNC2CC2)c1-n1ccc(C2CC2)n1. The Morgan fingerprint density at radius 1 is 1.20 bits per heavy atom. The monoisotopic (exact) mass is 287 g/mol. The summed E-state index contributed by atoms with van der Waals surface area (Å²) in [5.41, 5.74) is 3.44. The van der Waals surface area contributed by atoms with Gasteiger partial charge in [0.1, 0.15) is 0 Å². The molecule has 0 atom stereocenters. The number of nitrogens with one attached hydrogen (secondary N) is 1. The fraction of sp³-hybridized carbons (Fsp3) is 0.438. The second kappa shape index (κ2) is 4.90. The number of halogens is 1. The van der Waals surface area contributed by atoms with E-state index in [-0.39, 0.29) is 0 Å². The van der Waals surface area contributed by atoms with Gasteiger partial charge in [-0.2, -0.15) is 5.10 Å². The van der Waals surface area contributed by atoms with Crippen molar-refractivity contribution in [1.29, 1.82) is 0 Å². The van der Waals surface area contributed by atoms with Gasteiger partial charge in [0.05, 0.1) is 16.4 Å². The molecule has 2 fully saturated rings. The van der Waals surface area contributed by atoms with E-state index in [2.05, 4.69) is 17.4 Å². The number of aromatic nitrogens is 2. The third-order valence-corrected chi connectivity index (χ3v) is 4.37. The van der Waals surface area contributed by atoms with Crippen molar-refractivity contribution >= 4 is 11.6 Å². The molecule has 0 unspecified atom stereocenters. The number of nitrogens with zero attached hydrogens (tertiary/aromatic N) is 2. The number of hydrogen-bond acceptors (Lipinski definition) is 2. The number of rotatable bonds is 5. The van der Waals surface area contributed by atoms with Crippen molar-refractivity contribution in [1.82, 2.24) is 15.1 Å². The summed E-state index contributed by atoms with van der Waals surface area (Å²) in [6.45, 7) is 0.860. The van der Waals surface area contributed by atoms with Crippen LogP contribution in [0.2, 0.25) is 5.02 Å². The van der Waals surface area contributed by atoms with Crippen molar-refractivity contribution < 1.29 is 0 Å². The van der Waals surface area contributed by atoms with Gasteiger partial charge >= 0.3 is 0 Å². The molecule has 1 heterocycles. The lowest BCUT2D eigenvalue weighted by Gasteiger charge is -2.12. The van der Waals surface area contributed by atoms with Gasteiger partial charge in [-0.1, -0.05) is 23.7 Å². The van der Waals surface area contributed by atoms with Gasteiger partial charge < -0.3 is 5.32 Å². The Balaban J connectivity index is 1.66. The van der Waals surface area contributed by atoms with E-state index in [0.29, 0.717) is 12.0 Å². The second-order valence-electron chi connectivity index (χ2n) is 5.86. The van der Waals surface area contributed by atoms with Crippen LogP contribution in [0.3, 0.4) is 0 Å². The van der Waals surface area contributed by atoms with Crippen LogP contribution in [-0.4, -0.2) is 15.8 Å².